The lowest BCUT2D eigenvalue weighted by atomic mass is 9.90. The molecule has 1 unspecified atom stereocenters. The summed E-state index contributed by atoms with van der Waals surface area (Å²) in [5.41, 5.74) is 1.23. The van der Waals surface area contributed by atoms with Crippen LogP contribution in [0.3, 0.4) is 0 Å². The van der Waals surface area contributed by atoms with E-state index in [0.29, 0.717) is 26.1 Å². The van der Waals surface area contributed by atoms with Crippen molar-refractivity contribution in [2.24, 2.45) is 0 Å². The molecule has 0 fully saturated rings. The van der Waals surface area contributed by atoms with Gasteiger partial charge < -0.3 is 20.3 Å². The summed E-state index contributed by atoms with van der Waals surface area (Å²) in [7, 11) is 0. The van der Waals surface area contributed by atoms with Crippen LogP contribution in [0.15, 0.2) is 48.7 Å². The number of carbonyl (C=O) groups excluding carboxylic acids is 3. The van der Waals surface area contributed by atoms with Gasteiger partial charge in [-0.3, -0.25) is 14.4 Å². The highest BCUT2D eigenvalue weighted by Gasteiger charge is 2.34. The molecule has 0 bridgehead atoms. The van der Waals surface area contributed by atoms with Crippen molar-refractivity contribution in [3.63, 3.8) is 0 Å². The Morgan fingerprint density at radius 2 is 1.88 bits per heavy atom. The number of hydrogen-bond acceptors (Lipinski definition) is 6. The number of rotatable bonds is 9. The molecule has 8 nitrogen and oxygen atoms in total. The number of carbonyl (C=O) groups is 3. The molecule has 0 aliphatic carbocycles. The van der Waals surface area contributed by atoms with Crippen molar-refractivity contribution in [2.75, 3.05) is 31.5 Å². The molecule has 0 saturated carbocycles. The molecule has 2 aromatic rings. The third kappa shape index (κ3) is 7.57. The van der Waals surface area contributed by atoms with Crippen molar-refractivity contribution in [1.29, 1.82) is 0 Å². The van der Waals surface area contributed by atoms with Gasteiger partial charge >= 0.3 is 5.97 Å². The Morgan fingerprint density at radius 3 is 2.62 bits per heavy atom. The Labute approximate surface area is 201 Å². The van der Waals surface area contributed by atoms with E-state index >= 15 is 0 Å². The molecule has 1 aliphatic heterocycles. The fourth-order valence-corrected chi connectivity index (χ4v) is 3.95. The van der Waals surface area contributed by atoms with Gasteiger partial charge in [0, 0.05) is 25.8 Å². The smallest absolute Gasteiger partial charge is 0.307 e. The fourth-order valence-electron chi connectivity index (χ4n) is 3.95. The fraction of sp³-hybridized carbons (Fsp3) is 0.462. The van der Waals surface area contributed by atoms with Gasteiger partial charge in [-0.2, -0.15) is 0 Å². The molecule has 0 radical (unpaired) electrons. The third-order valence-corrected chi connectivity index (χ3v) is 5.46. The van der Waals surface area contributed by atoms with E-state index in [1.807, 2.05) is 42.5 Å². The van der Waals surface area contributed by atoms with Crippen molar-refractivity contribution < 1.29 is 19.1 Å². The van der Waals surface area contributed by atoms with Crippen molar-refractivity contribution in [2.45, 2.75) is 51.6 Å². The SMILES string of the molecule is CC(C)(C)OC(=O)CC1C(=O)N(CC(=O)NCCCNc2ccccn2)CCc2ccccc21. The molecule has 2 N–H and O–H groups in total. The largest absolute Gasteiger partial charge is 0.460 e. The number of nitrogens with zero attached hydrogens (tertiary/aromatic N) is 2. The number of amides is 2. The van der Waals surface area contributed by atoms with Crippen LogP contribution in [0.2, 0.25) is 0 Å². The number of benzene rings is 1. The van der Waals surface area contributed by atoms with E-state index < -0.39 is 17.5 Å². The first kappa shape index (κ1) is 25.2. The lowest BCUT2D eigenvalue weighted by molar-refractivity contribution is -0.157. The molecular weight excluding hydrogens is 432 g/mol. The van der Waals surface area contributed by atoms with Crippen LogP contribution in [0.5, 0.6) is 0 Å². The average Bonchev–Trinajstić information content (AvgIpc) is 2.91. The molecule has 2 heterocycles. The highest BCUT2D eigenvalue weighted by atomic mass is 16.6. The quantitative estimate of drug-likeness (QED) is 0.435. The maximum Gasteiger partial charge on any atom is 0.307 e. The number of fused-ring (bicyclic) bond motifs is 1. The van der Waals surface area contributed by atoms with E-state index in [1.165, 1.54) is 0 Å². The summed E-state index contributed by atoms with van der Waals surface area (Å²) in [6.45, 7) is 6.96. The first-order valence-electron chi connectivity index (χ1n) is 11.7. The van der Waals surface area contributed by atoms with E-state index in [-0.39, 0.29) is 24.8 Å². The summed E-state index contributed by atoms with van der Waals surface area (Å²) in [5.74, 6) is -0.730. The van der Waals surface area contributed by atoms with E-state index in [4.69, 9.17) is 4.74 Å². The van der Waals surface area contributed by atoms with Crippen LogP contribution in [-0.2, 0) is 25.5 Å². The minimum absolute atomic E-state index is 0.0364. The number of pyridine rings is 1. The Balaban J connectivity index is 1.56. The summed E-state index contributed by atoms with van der Waals surface area (Å²) in [6, 6.07) is 13.3. The van der Waals surface area contributed by atoms with Gasteiger partial charge in [-0.1, -0.05) is 30.3 Å². The molecule has 34 heavy (non-hydrogen) atoms. The monoisotopic (exact) mass is 466 g/mol. The van der Waals surface area contributed by atoms with E-state index in [9.17, 15) is 14.4 Å². The third-order valence-electron chi connectivity index (χ3n) is 5.46. The lowest BCUT2D eigenvalue weighted by Gasteiger charge is -2.25. The van der Waals surface area contributed by atoms with Crippen molar-refractivity contribution in [3.8, 4) is 0 Å². The summed E-state index contributed by atoms with van der Waals surface area (Å²) in [5, 5.41) is 6.07. The second-order valence-electron chi connectivity index (χ2n) is 9.40. The summed E-state index contributed by atoms with van der Waals surface area (Å²) in [6.07, 6.45) is 3.03. The van der Waals surface area contributed by atoms with Crippen LogP contribution >= 0.6 is 0 Å². The molecule has 8 heteroatoms. The van der Waals surface area contributed by atoms with Crippen LogP contribution in [0, 0.1) is 0 Å². The topological polar surface area (TPSA) is 101 Å². The number of nitrogens with one attached hydrogen (secondary N) is 2. The summed E-state index contributed by atoms with van der Waals surface area (Å²) in [4.78, 5) is 44.3. The van der Waals surface area contributed by atoms with Gasteiger partial charge in [0.15, 0.2) is 0 Å². The minimum Gasteiger partial charge on any atom is -0.460 e. The van der Waals surface area contributed by atoms with E-state index in [0.717, 1.165) is 23.4 Å². The second-order valence-corrected chi connectivity index (χ2v) is 9.40. The maximum absolute atomic E-state index is 13.4. The lowest BCUT2D eigenvalue weighted by Crippen LogP contribution is -2.43. The van der Waals surface area contributed by atoms with Crippen LogP contribution in [0.25, 0.3) is 0 Å². The first-order valence-corrected chi connectivity index (χ1v) is 11.7. The van der Waals surface area contributed by atoms with Crippen LogP contribution in [0.1, 0.15) is 50.7 Å². The molecule has 3 rings (SSSR count). The van der Waals surface area contributed by atoms with Gasteiger partial charge in [-0.15, -0.1) is 0 Å². The molecule has 1 aliphatic rings. The number of esters is 1. The van der Waals surface area contributed by atoms with Crippen LogP contribution in [0.4, 0.5) is 5.82 Å². The minimum atomic E-state index is -0.663. The van der Waals surface area contributed by atoms with E-state index in [1.54, 1.807) is 31.9 Å². The van der Waals surface area contributed by atoms with Gasteiger partial charge in [0.05, 0.1) is 18.9 Å². The van der Waals surface area contributed by atoms with E-state index in [2.05, 4.69) is 15.6 Å². The summed E-state index contributed by atoms with van der Waals surface area (Å²) >= 11 is 0. The van der Waals surface area contributed by atoms with Gasteiger partial charge in [0.1, 0.15) is 11.4 Å². The number of aromatic nitrogens is 1. The highest BCUT2D eigenvalue weighted by molar-refractivity contribution is 5.92. The van der Waals surface area contributed by atoms with Crippen molar-refractivity contribution >= 4 is 23.6 Å². The summed E-state index contributed by atoms with van der Waals surface area (Å²) < 4.78 is 5.47. The van der Waals surface area contributed by atoms with Crippen molar-refractivity contribution in [1.82, 2.24) is 15.2 Å². The molecular formula is C26H34N4O4. The van der Waals surface area contributed by atoms with Gasteiger partial charge in [0.25, 0.3) is 0 Å². The molecule has 0 spiro atoms. The predicted molar refractivity (Wildman–Crippen MR) is 130 cm³/mol. The number of anilines is 1. The van der Waals surface area contributed by atoms with Crippen LogP contribution in [-0.4, -0.2) is 59.4 Å². The average molecular weight is 467 g/mol. The van der Waals surface area contributed by atoms with Gasteiger partial charge in [-0.25, -0.2) is 4.98 Å². The molecule has 1 atom stereocenters. The number of ether oxygens (including phenoxy) is 1. The first-order chi connectivity index (χ1) is 16.2. The molecule has 0 saturated heterocycles. The van der Waals surface area contributed by atoms with Crippen molar-refractivity contribution in [3.05, 3.63) is 59.8 Å². The Bertz CT molecular complexity index is 988. The van der Waals surface area contributed by atoms with Crippen LogP contribution < -0.4 is 10.6 Å². The molecule has 1 aromatic carbocycles. The number of hydrogen-bond donors (Lipinski definition) is 2. The molecule has 1 aromatic heterocycles. The normalized spacial score (nSPS) is 15.8. The zero-order valence-corrected chi connectivity index (χ0v) is 20.2. The zero-order chi connectivity index (χ0) is 24.6. The standard InChI is InChI=1S/C26H34N4O4/c1-26(2,3)34-24(32)17-21-20-10-5-4-9-19(20)12-16-30(25(21)33)18-23(31)29-15-8-14-28-22-11-6-7-13-27-22/h4-7,9-11,13,21H,8,12,14-18H2,1-3H3,(H,27,28)(H,29,31). The zero-order valence-electron chi connectivity index (χ0n) is 20.2. The van der Waals surface area contributed by atoms with Gasteiger partial charge in [-0.05, 0) is 56.9 Å². The Hall–Kier alpha value is -3.42. The Kier molecular flexibility index (Phi) is 8.62. The second kappa shape index (κ2) is 11.6. The Morgan fingerprint density at radius 1 is 1.12 bits per heavy atom. The highest BCUT2D eigenvalue weighted by Crippen LogP contribution is 2.30. The maximum atomic E-state index is 13.4. The molecule has 2 amide bonds. The van der Waals surface area contributed by atoms with Gasteiger partial charge in [0.2, 0.25) is 11.8 Å². The molecule has 182 valence electrons. The predicted octanol–water partition coefficient (Wildman–Crippen LogP) is 2.90.